The minimum atomic E-state index is -1.21. The molecule has 1 aliphatic rings. The molecule has 5 rings (SSSR count). The molecule has 0 bridgehead atoms. The van der Waals surface area contributed by atoms with Gasteiger partial charge in [0, 0.05) is 20.6 Å². The van der Waals surface area contributed by atoms with Crippen molar-refractivity contribution in [1.29, 1.82) is 0 Å². The zero-order valence-electron chi connectivity index (χ0n) is 19.1. The molecule has 5 heteroatoms. The van der Waals surface area contributed by atoms with Gasteiger partial charge in [0.15, 0.2) is 0 Å². The first-order valence-corrected chi connectivity index (χ1v) is 12.6. The molecule has 4 aromatic rings. The monoisotopic (exact) mass is 582 g/mol. The van der Waals surface area contributed by atoms with Crippen molar-refractivity contribution in [2.45, 2.75) is 25.1 Å². The molecular formula is C30H25F2IO2. The number of alkyl halides is 2. The van der Waals surface area contributed by atoms with E-state index in [0.717, 1.165) is 11.1 Å². The molecule has 0 atom stereocenters. The lowest BCUT2D eigenvalue weighted by Gasteiger charge is -2.41. The molecular weight excluding hydrogens is 557 g/mol. The molecule has 4 aromatic carbocycles. The standard InChI is InChI=1S/C30H25F2IO2/c31-17-21-3-1-5-27(15-21)30(28-6-2-4-22(16-28)18-32)34-19-26(20-35-30)25-9-7-23(8-10-25)24-11-13-29(33)14-12-24/h1-16,26H,17-20H2. The van der Waals surface area contributed by atoms with Crippen molar-refractivity contribution in [1.82, 2.24) is 0 Å². The Kier molecular flexibility index (Phi) is 7.27. The minimum absolute atomic E-state index is 0.0441. The maximum Gasteiger partial charge on any atom is 0.222 e. The SMILES string of the molecule is FCc1cccc(C2(c3cccc(CF)c3)OCC(c3ccc(-c4ccc(I)cc4)cc3)CO2)c1. The Morgan fingerprint density at radius 2 is 1.17 bits per heavy atom. The van der Waals surface area contributed by atoms with Gasteiger partial charge in [0.2, 0.25) is 5.79 Å². The number of ether oxygens (including phenoxy) is 2. The molecule has 0 saturated carbocycles. The third-order valence-corrected chi connectivity index (χ3v) is 7.18. The van der Waals surface area contributed by atoms with Crippen molar-refractivity contribution in [3.05, 3.63) is 128 Å². The van der Waals surface area contributed by atoms with E-state index in [2.05, 4.69) is 71.1 Å². The number of benzene rings is 4. The predicted molar refractivity (Wildman–Crippen MR) is 143 cm³/mol. The molecule has 1 saturated heterocycles. The fourth-order valence-electron chi connectivity index (χ4n) is 4.53. The summed E-state index contributed by atoms with van der Waals surface area (Å²) < 4.78 is 41.0. The second-order valence-corrected chi connectivity index (χ2v) is 9.98. The van der Waals surface area contributed by atoms with E-state index in [1.54, 1.807) is 36.4 Å². The molecule has 0 N–H and O–H groups in total. The van der Waals surface area contributed by atoms with Gasteiger partial charge in [0.05, 0.1) is 13.2 Å². The molecule has 1 aliphatic heterocycles. The average Bonchev–Trinajstić information content (AvgIpc) is 2.94. The van der Waals surface area contributed by atoms with E-state index in [1.807, 2.05) is 12.1 Å². The maximum atomic E-state index is 13.4. The predicted octanol–water partition coefficient (Wildman–Crippen LogP) is 7.93. The van der Waals surface area contributed by atoms with Crippen LogP contribution in [0.25, 0.3) is 11.1 Å². The summed E-state index contributed by atoms with van der Waals surface area (Å²) in [5.74, 6) is -1.17. The van der Waals surface area contributed by atoms with E-state index < -0.39 is 19.1 Å². The smallest absolute Gasteiger partial charge is 0.222 e. The summed E-state index contributed by atoms with van der Waals surface area (Å²) >= 11 is 2.30. The van der Waals surface area contributed by atoms with Gasteiger partial charge >= 0.3 is 0 Å². The highest BCUT2D eigenvalue weighted by molar-refractivity contribution is 14.1. The van der Waals surface area contributed by atoms with Crippen LogP contribution in [0.2, 0.25) is 0 Å². The van der Waals surface area contributed by atoms with E-state index in [1.165, 1.54) is 9.13 Å². The van der Waals surface area contributed by atoms with Crippen molar-refractivity contribution < 1.29 is 18.3 Å². The zero-order valence-corrected chi connectivity index (χ0v) is 21.3. The first kappa shape index (κ1) is 24.1. The van der Waals surface area contributed by atoms with E-state index in [4.69, 9.17) is 9.47 Å². The molecule has 1 heterocycles. The van der Waals surface area contributed by atoms with Gasteiger partial charge in [-0.1, -0.05) is 72.8 Å². The molecule has 0 aliphatic carbocycles. The average molecular weight is 582 g/mol. The van der Waals surface area contributed by atoms with E-state index in [9.17, 15) is 8.78 Å². The Morgan fingerprint density at radius 1 is 0.686 bits per heavy atom. The molecule has 178 valence electrons. The second kappa shape index (κ2) is 10.6. The quantitative estimate of drug-likeness (QED) is 0.215. The third-order valence-electron chi connectivity index (χ3n) is 6.46. The van der Waals surface area contributed by atoms with Gasteiger partial charge in [-0.2, -0.15) is 0 Å². The first-order chi connectivity index (χ1) is 17.1. The van der Waals surface area contributed by atoms with Crippen LogP contribution in [0.3, 0.4) is 0 Å². The van der Waals surface area contributed by atoms with Crippen molar-refractivity contribution in [2.24, 2.45) is 0 Å². The number of hydrogen-bond donors (Lipinski definition) is 0. The van der Waals surface area contributed by atoms with Crippen LogP contribution in [0.5, 0.6) is 0 Å². The summed E-state index contributed by atoms with van der Waals surface area (Å²) in [6, 6.07) is 31.2. The van der Waals surface area contributed by atoms with Crippen LogP contribution in [0.15, 0.2) is 97.1 Å². The lowest BCUT2D eigenvalue weighted by molar-refractivity contribution is -0.256. The van der Waals surface area contributed by atoms with Crippen LogP contribution < -0.4 is 0 Å². The number of rotatable bonds is 6. The number of hydrogen-bond acceptors (Lipinski definition) is 2. The third kappa shape index (κ3) is 5.03. The summed E-state index contributed by atoms with van der Waals surface area (Å²) in [6.07, 6.45) is 0. The zero-order chi connectivity index (χ0) is 24.3. The molecule has 0 spiro atoms. The second-order valence-electron chi connectivity index (χ2n) is 8.73. The van der Waals surface area contributed by atoms with Crippen LogP contribution in [0.4, 0.5) is 8.78 Å². The summed E-state index contributed by atoms with van der Waals surface area (Å²) in [5, 5.41) is 0. The normalized spacial score (nSPS) is 15.7. The molecule has 1 fully saturated rings. The highest BCUT2D eigenvalue weighted by Gasteiger charge is 2.42. The van der Waals surface area contributed by atoms with Crippen LogP contribution >= 0.6 is 22.6 Å². The van der Waals surface area contributed by atoms with Crippen LogP contribution in [-0.2, 0) is 28.6 Å². The Balaban J connectivity index is 1.42. The lowest BCUT2D eigenvalue weighted by atomic mass is 9.91. The van der Waals surface area contributed by atoms with E-state index in [0.29, 0.717) is 35.5 Å². The van der Waals surface area contributed by atoms with Gasteiger partial charge in [-0.25, -0.2) is 8.78 Å². The van der Waals surface area contributed by atoms with Crippen LogP contribution in [0.1, 0.15) is 33.7 Å². The van der Waals surface area contributed by atoms with Gasteiger partial charge in [0.25, 0.3) is 0 Å². The fraction of sp³-hybridized carbons (Fsp3) is 0.200. The van der Waals surface area contributed by atoms with E-state index in [-0.39, 0.29) is 5.92 Å². The highest BCUT2D eigenvalue weighted by Crippen LogP contribution is 2.41. The van der Waals surface area contributed by atoms with Crippen molar-refractivity contribution >= 4 is 22.6 Å². The lowest BCUT2D eigenvalue weighted by Crippen LogP contribution is -2.42. The van der Waals surface area contributed by atoms with Gasteiger partial charge in [-0.15, -0.1) is 0 Å². The molecule has 0 radical (unpaired) electrons. The van der Waals surface area contributed by atoms with Crippen LogP contribution in [-0.4, -0.2) is 13.2 Å². The van der Waals surface area contributed by atoms with E-state index >= 15 is 0 Å². The molecule has 35 heavy (non-hydrogen) atoms. The molecule has 0 amide bonds. The topological polar surface area (TPSA) is 18.5 Å². The molecule has 0 aromatic heterocycles. The maximum absolute atomic E-state index is 13.4. The fourth-order valence-corrected chi connectivity index (χ4v) is 4.89. The van der Waals surface area contributed by atoms with Gasteiger partial charge in [0.1, 0.15) is 13.3 Å². The summed E-state index contributed by atoms with van der Waals surface area (Å²) in [4.78, 5) is 0. The summed E-state index contributed by atoms with van der Waals surface area (Å²) in [7, 11) is 0. The van der Waals surface area contributed by atoms with Crippen molar-refractivity contribution in [2.75, 3.05) is 13.2 Å². The van der Waals surface area contributed by atoms with Crippen molar-refractivity contribution in [3.8, 4) is 11.1 Å². The van der Waals surface area contributed by atoms with Gasteiger partial charge in [-0.3, -0.25) is 0 Å². The largest absolute Gasteiger partial charge is 0.341 e. The Hall–Kier alpha value is -2.61. The molecule has 2 nitrogen and oxygen atoms in total. The van der Waals surface area contributed by atoms with Gasteiger partial charge < -0.3 is 9.47 Å². The molecule has 0 unspecified atom stereocenters. The Labute approximate surface area is 218 Å². The van der Waals surface area contributed by atoms with Gasteiger partial charge in [-0.05, 0) is 74.7 Å². The first-order valence-electron chi connectivity index (χ1n) is 11.6. The summed E-state index contributed by atoms with van der Waals surface area (Å²) in [5.41, 5.74) is 5.96. The highest BCUT2D eigenvalue weighted by atomic mass is 127. The minimum Gasteiger partial charge on any atom is -0.341 e. The number of halogens is 3. The van der Waals surface area contributed by atoms with Crippen LogP contribution in [0, 0.1) is 3.57 Å². The Bertz CT molecular complexity index is 1230. The summed E-state index contributed by atoms with van der Waals surface area (Å²) in [6.45, 7) is -0.320. The Morgan fingerprint density at radius 3 is 1.66 bits per heavy atom. The van der Waals surface area contributed by atoms with Crippen molar-refractivity contribution in [3.63, 3.8) is 0 Å².